The Bertz CT molecular complexity index is 1270. The molecule has 1 aromatic carbocycles. The average Bonchev–Trinajstić information content (AvgIpc) is 3.51. The maximum absolute atomic E-state index is 12.9. The van der Waals surface area contributed by atoms with Gasteiger partial charge in [0.25, 0.3) is 5.91 Å². The highest BCUT2D eigenvalue weighted by atomic mass is 32.1. The van der Waals surface area contributed by atoms with E-state index in [9.17, 15) is 18.0 Å². The summed E-state index contributed by atoms with van der Waals surface area (Å²) in [7, 11) is 0. The van der Waals surface area contributed by atoms with Crippen LogP contribution in [0.1, 0.15) is 34.5 Å². The fourth-order valence-electron chi connectivity index (χ4n) is 6.46. The smallest absolute Gasteiger partial charge is 0.355 e. The normalized spacial score (nSPS) is 23.2. The monoisotopic (exact) mass is 543 g/mol. The minimum atomic E-state index is -4.23. The van der Waals surface area contributed by atoms with Crippen LogP contribution in [0.15, 0.2) is 42.7 Å². The number of carbonyl (C=O) groups excluding carboxylic acids is 1. The molecule has 3 saturated heterocycles. The van der Waals surface area contributed by atoms with Gasteiger partial charge in [-0.1, -0.05) is 18.2 Å². The van der Waals surface area contributed by atoms with E-state index in [0.29, 0.717) is 22.6 Å². The molecule has 38 heavy (non-hydrogen) atoms. The summed E-state index contributed by atoms with van der Waals surface area (Å²) in [5.74, 6) is 2.61. The number of hydrogen-bond acceptors (Lipinski definition) is 6. The van der Waals surface area contributed by atoms with Crippen LogP contribution in [0, 0.1) is 17.8 Å². The van der Waals surface area contributed by atoms with Crippen molar-refractivity contribution in [1.82, 2.24) is 19.8 Å². The molecule has 2 atom stereocenters. The van der Waals surface area contributed by atoms with Gasteiger partial charge in [-0.15, -0.1) is 11.3 Å². The van der Waals surface area contributed by atoms with E-state index in [-0.39, 0.29) is 10.8 Å². The molecule has 202 valence electrons. The summed E-state index contributed by atoms with van der Waals surface area (Å²) in [4.78, 5) is 29.3. The van der Waals surface area contributed by atoms with Gasteiger partial charge in [-0.2, -0.15) is 13.2 Å². The number of nitrogens with zero attached hydrogens (tertiary/aromatic N) is 5. The van der Waals surface area contributed by atoms with Gasteiger partial charge < -0.3 is 14.7 Å². The number of halogens is 3. The Kier molecular flexibility index (Phi) is 7.03. The number of anilines is 1. The van der Waals surface area contributed by atoms with E-state index in [2.05, 4.69) is 19.8 Å². The van der Waals surface area contributed by atoms with Crippen LogP contribution in [0.5, 0.6) is 0 Å². The molecule has 10 heteroatoms. The Balaban J connectivity index is 1.04. The van der Waals surface area contributed by atoms with Crippen molar-refractivity contribution in [2.75, 3.05) is 50.7 Å². The lowest BCUT2D eigenvalue weighted by Gasteiger charge is -2.39. The first kappa shape index (κ1) is 25.6. The van der Waals surface area contributed by atoms with Crippen molar-refractivity contribution >= 4 is 33.3 Å². The van der Waals surface area contributed by atoms with Gasteiger partial charge in [-0.05, 0) is 61.8 Å². The third-order valence-electron chi connectivity index (χ3n) is 8.36. The van der Waals surface area contributed by atoms with Crippen molar-refractivity contribution in [2.24, 2.45) is 17.8 Å². The zero-order chi connectivity index (χ0) is 26.3. The molecule has 0 unspecified atom stereocenters. The highest BCUT2D eigenvalue weighted by molar-refractivity contribution is 7.18. The first-order chi connectivity index (χ1) is 18.3. The Hall–Kier alpha value is -2.72. The number of piperidine rings is 2. The molecule has 0 spiro atoms. The zero-order valence-corrected chi connectivity index (χ0v) is 22.1. The molecule has 0 bridgehead atoms. The van der Waals surface area contributed by atoms with E-state index >= 15 is 0 Å². The summed E-state index contributed by atoms with van der Waals surface area (Å²) in [5, 5.41) is 0.740. The van der Waals surface area contributed by atoms with Crippen LogP contribution < -0.4 is 4.90 Å². The van der Waals surface area contributed by atoms with Crippen LogP contribution in [-0.4, -0.2) is 77.7 Å². The Morgan fingerprint density at radius 1 is 0.974 bits per heavy atom. The third kappa shape index (κ3) is 5.52. The van der Waals surface area contributed by atoms with Crippen LogP contribution >= 0.6 is 11.3 Å². The molecule has 2 aromatic heterocycles. The van der Waals surface area contributed by atoms with Crippen molar-refractivity contribution in [3.63, 3.8) is 0 Å². The summed E-state index contributed by atoms with van der Waals surface area (Å²) < 4.78 is 38.8. The van der Waals surface area contributed by atoms with Crippen LogP contribution in [0.3, 0.4) is 0 Å². The number of alkyl halides is 3. The maximum Gasteiger partial charge on any atom is 0.393 e. The second kappa shape index (κ2) is 10.4. The number of benzene rings is 1. The van der Waals surface area contributed by atoms with Gasteiger partial charge >= 0.3 is 6.18 Å². The van der Waals surface area contributed by atoms with Crippen LogP contribution in [0.4, 0.5) is 19.0 Å². The number of fused-ring (bicyclic) bond motifs is 2. The van der Waals surface area contributed by atoms with Gasteiger partial charge in [-0.3, -0.25) is 4.79 Å². The zero-order valence-electron chi connectivity index (χ0n) is 21.2. The number of rotatable bonds is 5. The molecular formula is C28H32F3N5OS. The maximum atomic E-state index is 12.9. The minimum absolute atomic E-state index is 0.130. The van der Waals surface area contributed by atoms with Crippen LogP contribution in [-0.2, 0) is 6.42 Å². The highest BCUT2D eigenvalue weighted by Crippen LogP contribution is 2.39. The molecule has 3 aromatic rings. The first-order valence-corrected chi connectivity index (χ1v) is 14.3. The van der Waals surface area contributed by atoms with E-state index < -0.39 is 12.6 Å². The molecule has 1 amide bonds. The number of carbonyl (C=O) groups is 1. The quantitative estimate of drug-likeness (QED) is 0.448. The first-order valence-electron chi connectivity index (χ1n) is 13.4. The predicted octanol–water partition coefficient (Wildman–Crippen LogP) is 5.11. The van der Waals surface area contributed by atoms with Gasteiger partial charge in [0.05, 0.1) is 11.8 Å². The van der Waals surface area contributed by atoms with Gasteiger partial charge in [-0.25, -0.2) is 9.97 Å². The van der Waals surface area contributed by atoms with E-state index in [1.54, 1.807) is 6.07 Å². The molecule has 6 nitrogen and oxygen atoms in total. The van der Waals surface area contributed by atoms with Crippen LogP contribution in [0.25, 0.3) is 10.2 Å². The fraction of sp³-hybridized carbons (Fsp3) is 0.536. The summed E-state index contributed by atoms with van der Waals surface area (Å²) in [6.45, 7) is 6.59. The fourth-order valence-corrected chi connectivity index (χ4v) is 7.48. The van der Waals surface area contributed by atoms with Crippen molar-refractivity contribution in [3.8, 4) is 0 Å². The molecule has 3 aliphatic rings. The Morgan fingerprint density at radius 3 is 2.50 bits per heavy atom. The lowest BCUT2D eigenvalue weighted by Crippen LogP contribution is -2.45. The Morgan fingerprint density at radius 2 is 1.74 bits per heavy atom. The summed E-state index contributed by atoms with van der Waals surface area (Å²) in [5.41, 5.74) is 0.763. The molecular weight excluding hydrogens is 511 g/mol. The van der Waals surface area contributed by atoms with E-state index in [4.69, 9.17) is 0 Å². The molecule has 3 aliphatic heterocycles. The number of thiophene rings is 1. The summed E-state index contributed by atoms with van der Waals surface area (Å²) >= 11 is 1.11. The topological polar surface area (TPSA) is 52.6 Å². The third-order valence-corrected chi connectivity index (χ3v) is 9.40. The second-order valence-electron chi connectivity index (χ2n) is 11.0. The van der Waals surface area contributed by atoms with Crippen molar-refractivity contribution in [1.29, 1.82) is 0 Å². The van der Waals surface area contributed by atoms with Crippen molar-refractivity contribution < 1.29 is 18.0 Å². The van der Waals surface area contributed by atoms with Gasteiger partial charge in [0, 0.05) is 49.7 Å². The molecule has 6 rings (SSSR count). The SMILES string of the molecule is O=C(c1ccccc1)N1CCC(CN2CC[C@@H]3CN(c4ncnc5sc(CC(F)(F)F)cc45)C[C@@H]3C2)CC1. The number of amides is 1. The Labute approximate surface area is 224 Å². The van der Waals surface area contributed by atoms with E-state index in [0.717, 1.165) is 93.2 Å². The molecule has 0 saturated carbocycles. The number of likely N-dealkylation sites (tertiary alicyclic amines) is 2. The van der Waals surface area contributed by atoms with Gasteiger partial charge in [0.2, 0.25) is 0 Å². The standard InChI is InChI=1S/C28H32F3N5OS/c29-28(30,31)13-23-12-24-25(32-18-33-26(24)38-23)36-16-21-8-9-34(15-22(21)17-36)14-19-6-10-35(11-7-19)27(37)20-4-2-1-3-5-20/h1-5,12,18-19,21-22H,6-11,13-17H2/t21-,22+/m1/s1. The van der Waals surface area contributed by atoms with E-state index in [1.807, 2.05) is 35.2 Å². The molecule has 5 heterocycles. The number of hydrogen-bond donors (Lipinski definition) is 0. The predicted molar refractivity (Wildman–Crippen MR) is 142 cm³/mol. The lowest BCUT2D eigenvalue weighted by atomic mass is 9.87. The van der Waals surface area contributed by atoms with Crippen LogP contribution in [0.2, 0.25) is 0 Å². The molecule has 0 aliphatic carbocycles. The largest absolute Gasteiger partial charge is 0.393 e. The average molecular weight is 544 g/mol. The molecule has 0 N–H and O–H groups in total. The summed E-state index contributed by atoms with van der Waals surface area (Å²) in [6, 6.07) is 11.2. The highest BCUT2D eigenvalue weighted by Gasteiger charge is 2.39. The minimum Gasteiger partial charge on any atom is -0.355 e. The number of aromatic nitrogens is 2. The second-order valence-corrected chi connectivity index (χ2v) is 12.1. The van der Waals surface area contributed by atoms with E-state index in [1.165, 1.54) is 6.33 Å². The van der Waals surface area contributed by atoms with Gasteiger partial charge in [0.1, 0.15) is 17.0 Å². The van der Waals surface area contributed by atoms with Crippen molar-refractivity contribution in [2.45, 2.75) is 31.9 Å². The summed E-state index contributed by atoms with van der Waals surface area (Å²) in [6.07, 6.45) is -0.473. The molecule has 3 fully saturated rings. The van der Waals surface area contributed by atoms with Crippen molar-refractivity contribution in [3.05, 3.63) is 53.2 Å². The molecule has 0 radical (unpaired) electrons. The van der Waals surface area contributed by atoms with Gasteiger partial charge in [0.15, 0.2) is 0 Å². The lowest BCUT2D eigenvalue weighted by molar-refractivity contribution is -0.126.